The first-order valence-electron chi connectivity index (χ1n) is 10.4. The van der Waals surface area contributed by atoms with Crippen molar-refractivity contribution in [3.8, 4) is 11.5 Å². The van der Waals surface area contributed by atoms with Crippen molar-refractivity contribution in [2.24, 2.45) is 5.73 Å². The zero-order valence-corrected chi connectivity index (χ0v) is 18.4. The lowest BCUT2D eigenvalue weighted by Crippen LogP contribution is -2.42. The van der Waals surface area contributed by atoms with E-state index in [4.69, 9.17) is 26.8 Å². The molecular formula is C23H24ClFN4O3. The fourth-order valence-corrected chi connectivity index (χ4v) is 4.26. The maximum atomic E-state index is 13.5. The molecule has 3 aromatic rings. The van der Waals surface area contributed by atoms with Crippen LogP contribution in [0.4, 0.5) is 9.18 Å². The highest BCUT2D eigenvalue weighted by Crippen LogP contribution is 2.35. The molecule has 7 nitrogen and oxygen atoms in total. The third-order valence-corrected chi connectivity index (χ3v) is 5.96. The zero-order valence-electron chi connectivity index (χ0n) is 17.6. The molecular weight excluding hydrogens is 435 g/mol. The zero-order chi connectivity index (χ0) is 22.7. The van der Waals surface area contributed by atoms with Gasteiger partial charge in [-0.2, -0.15) is 0 Å². The topological polar surface area (TPSA) is 99.4 Å². The van der Waals surface area contributed by atoms with Crippen LogP contribution in [-0.2, 0) is 6.42 Å². The number of urea groups is 1. The van der Waals surface area contributed by atoms with Gasteiger partial charge in [-0.3, -0.25) is 0 Å². The van der Waals surface area contributed by atoms with Crippen LogP contribution in [0.15, 0.2) is 36.7 Å². The number of aromatic nitrogens is 2. The molecule has 32 heavy (non-hydrogen) atoms. The van der Waals surface area contributed by atoms with Gasteiger partial charge < -0.3 is 20.5 Å². The van der Waals surface area contributed by atoms with Gasteiger partial charge in [0.25, 0.3) is 0 Å². The van der Waals surface area contributed by atoms with Crippen LogP contribution in [0.3, 0.4) is 0 Å². The summed E-state index contributed by atoms with van der Waals surface area (Å²) >= 11 is 5.94. The lowest BCUT2D eigenvalue weighted by atomic mass is 9.93. The van der Waals surface area contributed by atoms with Crippen molar-refractivity contribution in [1.29, 1.82) is 0 Å². The van der Waals surface area contributed by atoms with E-state index in [2.05, 4.69) is 15.3 Å². The van der Waals surface area contributed by atoms with Crippen LogP contribution in [0.5, 0.6) is 11.5 Å². The molecule has 0 unspecified atom stereocenters. The Balaban J connectivity index is 1.58. The Morgan fingerprint density at radius 3 is 2.66 bits per heavy atom. The minimum atomic E-state index is -0.500. The first kappa shape index (κ1) is 22.1. The number of rotatable bonds is 6. The molecule has 1 saturated carbocycles. The highest BCUT2D eigenvalue weighted by atomic mass is 35.5. The monoisotopic (exact) mass is 458 g/mol. The molecule has 3 N–H and O–H groups in total. The second-order valence-corrected chi connectivity index (χ2v) is 8.27. The van der Waals surface area contributed by atoms with Gasteiger partial charge in [0.05, 0.1) is 29.4 Å². The predicted octanol–water partition coefficient (Wildman–Crippen LogP) is 4.38. The van der Waals surface area contributed by atoms with Gasteiger partial charge in [0.15, 0.2) is 11.5 Å². The maximum Gasteiger partial charge on any atom is 0.312 e. The van der Waals surface area contributed by atoms with E-state index in [1.807, 2.05) is 12.1 Å². The lowest BCUT2D eigenvalue weighted by molar-refractivity contribution is 0.136. The summed E-state index contributed by atoms with van der Waals surface area (Å²) in [6, 6.07) is 7.94. The number of nitrogens with two attached hydrogens (primary N) is 1. The Morgan fingerprint density at radius 1 is 1.19 bits per heavy atom. The molecule has 2 aromatic carbocycles. The number of nitrogens with zero attached hydrogens (tertiary/aromatic N) is 2. The van der Waals surface area contributed by atoms with Crippen molar-refractivity contribution < 1.29 is 18.7 Å². The third kappa shape index (κ3) is 5.02. The summed E-state index contributed by atoms with van der Waals surface area (Å²) in [4.78, 5) is 19.9. The van der Waals surface area contributed by atoms with E-state index in [-0.39, 0.29) is 17.2 Å². The van der Waals surface area contributed by atoms with Crippen molar-refractivity contribution in [1.82, 2.24) is 15.3 Å². The smallest absolute Gasteiger partial charge is 0.312 e. The van der Waals surface area contributed by atoms with Crippen LogP contribution in [0.1, 0.15) is 36.9 Å². The minimum absolute atomic E-state index is 0.00346. The molecule has 1 aliphatic carbocycles. The fraction of sp³-hybridized carbons (Fsp3) is 0.348. The van der Waals surface area contributed by atoms with Gasteiger partial charge in [-0.05, 0) is 49.4 Å². The molecule has 1 heterocycles. The van der Waals surface area contributed by atoms with Crippen LogP contribution >= 0.6 is 11.6 Å². The quantitative estimate of drug-likeness (QED) is 0.571. The van der Waals surface area contributed by atoms with Crippen molar-refractivity contribution in [2.45, 2.75) is 44.2 Å². The van der Waals surface area contributed by atoms with Crippen LogP contribution in [0, 0.1) is 5.82 Å². The van der Waals surface area contributed by atoms with E-state index >= 15 is 0 Å². The Kier molecular flexibility index (Phi) is 6.60. The molecule has 168 valence electrons. The number of ether oxygens (including phenoxy) is 2. The number of amides is 2. The summed E-state index contributed by atoms with van der Waals surface area (Å²) in [5.41, 5.74) is 7.57. The number of fused-ring (bicyclic) bond motifs is 1. The molecule has 4 rings (SSSR count). The van der Waals surface area contributed by atoms with E-state index in [0.717, 1.165) is 47.8 Å². The van der Waals surface area contributed by atoms with Gasteiger partial charge in [0.1, 0.15) is 12.1 Å². The van der Waals surface area contributed by atoms with Gasteiger partial charge in [-0.1, -0.05) is 17.7 Å². The van der Waals surface area contributed by atoms with Gasteiger partial charge in [-0.15, -0.1) is 0 Å². The highest BCUT2D eigenvalue weighted by Gasteiger charge is 2.24. The van der Waals surface area contributed by atoms with E-state index in [9.17, 15) is 9.18 Å². The average molecular weight is 459 g/mol. The summed E-state index contributed by atoms with van der Waals surface area (Å²) in [7, 11) is 1.59. The number of hydrogen-bond acceptors (Lipinski definition) is 5. The molecule has 0 saturated heterocycles. The van der Waals surface area contributed by atoms with E-state index < -0.39 is 11.8 Å². The molecule has 0 aliphatic heterocycles. The summed E-state index contributed by atoms with van der Waals surface area (Å²) in [5.74, 6) is 0.744. The third-order valence-electron chi connectivity index (χ3n) is 5.67. The van der Waals surface area contributed by atoms with E-state index in [1.165, 1.54) is 12.4 Å². The first-order chi connectivity index (χ1) is 15.4. The number of nitrogens with one attached hydrogen (secondary N) is 1. The van der Waals surface area contributed by atoms with Crippen LogP contribution < -0.4 is 20.5 Å². The summed E-state index contributed by atoms with van der Waals surface area (Å²) in [5, 5.41) is 3.66. The molecule has 9 heteroatoms. The van der Waals surface area contributed by atoms with Gasteiger partial charge in [0.2, 0.25) is 0 Å². The number of carbonyl (C=O) groups is 1. The normalized spacial score (nSPS) is 18.3. The molecule has 0 spiro atoms. The van der Waals surface area contributed by atoms with Crippen LogP contribution in [0.2, 0.25) is 5.02 Å². The minimum Gasteiger partial charge on any atom is -0.493 e. The molecule has 0 atom stereocenters. The molecule has 0 bridgehead atoms. The van der Waals surface area contributed by atoms with Gasteiger partial charge >= 0.3 is 6.03 Å². The van der Waals surface area contributed by atoms with Gasteiger partial charge in [-0.25, -0.2) is 19.2 Å². The highest BCUT2D eigenvalue weighted by molar-refractivity contribution is 6.30. The number of carbonyl (C=O) groups excluding carboxylic acids is 1. The Bertz CT molecular complexity index is 1140. The average Bonchev–Trinajstić information content (AvgIpc) is 2.77. The molecule has 1 aromatic heterocycles. The summed E-state index contributed by atoms with van der Waals surface area (Å²) in [6.45, 7) is 0. The molecule has 0 radical (unpaired) electrons. The largest absolute Gasteiger partial charge is 0.493 e. The Hall–Kier alpha value is -3.13. The number of methoxy groups -OCH3 is 1. The number of hydrogen-bond donors (Lipinski definition) is 2. The van der Waals surface area contributed by atoms with Crippen LogP contribution in [0.25, 0.3) is 10.9 Å². The number of primary amides is 1. The SMILES string of the molecule is COc1cc2ncnc(Cc3ccc(F)c(Cl)c3)c2cc1OC1CCC(NC(N)=O)CC1. The summed E-state index contributed by atoms with van der Waals surface area (Å²) < 4.78 is 25.3. The fourth-order valence-electron chi connectivity index (χ4n) is 4.06. The Morgan fingerprint density at radius 2 is 1.97 bits per heavy atom. The second kappa shape index (κ2) is 9.56. The second-order valence-electron chi connectivity index (χ2n) is 7.87. The molecule has 1 aliphatic rings. The van der Waals surface area contributed by atoms with Gasteiger partial charge in [0, 0.05) is 23.9 Å². The van der Waals surface area contributed by atoms with Crippen molar-refractivity contribution in [3.63, 3.8) is 0 Å². The van der Waals surface area contributed by atoms with Crippen LogP contribution in [-0.4, -0.2) is 35.3 Å². The van der Waals surface area contributed by atoms with Crippen molar-refractivity contribution in [3.05, 3.63) is 58.8 Å². The predicted molar refractivity (Wildman–Crippen MR) is 120 cm³/mol. The maximum absolute atomic E-state index is 13.5. The number of benzene rings is 2. The lowest BCUT2D eigenvalue weighted by Gasteiger charge is -2.29. The van der Waals surface area contributed by atoms with Crippen molar-refractivity contribution in [2.75, 3.05) is 7.11 Å². The standard InChI is InChI=1S/C23H24ClFN4O3/c1-31-21-11-20-16(10-22(21)32-15-5-3-14(4-6-15)29-23(26)30)19(27-12-28-20)9-13-2-7-18(25)17(24)8-13/h2,7-8,10-12,14-15H,3-6,9H2,1H3,(H3,26,29,30). The molecule has 2 amide bonds. The first-order valence-corrected chi connectivity index (χ1v) is 10.8. The van der Waals surface area contributed by atoms with Crippen molar-refractivity contribution >= 4 is 28.5 Å². The Labute approximate surface area is 190 Å². The summed E-state index contributed by atoms with van der Waals surface area (Å²) in [6.07, 6.45) is 5.13. The molecule has 1 fully saturated rings. The van der Waals surface area contributed by atoms with E-state index in [0.29, 0.717) is 17.9 Å². The number of halogens is 2. The van der Waals surface area contributed by atoms with E-state index in [1.54, 1.807) is 19.2 Å².